The summed E-state index contributed by atoms with van der Waals surface area (Å²) < 4.78 is 6.02. The number of amides is 2. The Morgan fingerprint density at radius 2 is 1.88 bits per heavy atom. The first kappa shape index (κ1) is 22.3. The number of anilines is 2. The third-order valence-electron chi connectivity index (χ3n) is 6.70. The molecule has 1 saturated heterocycles. The van der Waals surface area contributed by atoms with E-state index in [2.05, 4.69) is 40.7 Å². The molecule has 1 unspecified atom stereocenters. The molecule has 2 aliphatic rings. The lowest BCUT2D eigenvalue weighted by Crippen LogP contribution is -2.34. The summed E-state index contributed by atoms with van der Waals surface area (Å²) in [6, 6.07) is 15.7. The van der Waals surface area contributed by atoms with Crippen molar-refractivity contribution in [1.29, 1.82) is 0 Å². The van der Waals surface area contributed by atoms with Crippen molar-refractivity contribution in [3.8, 4) is 0 Å². The largest absolute Gasteiger partial charge is 0.464 e. The van der Waals surface area contributed by atoms with Gasteiger partial charge in [-0.05, 0) is 74.1 Å². The Hall–Kier alpha value is -3.54. The van der Waals surface area contributed by atoms with E-state index in [4.69, 9.17) is 4.42 Å². The highest BCUT2D eigenvalue weighted by Crippen LogP contribution is 2.34. The molecule has 0 spiro atoms. The fraction of sp³-hybridized carbons (Fsp3) is 0.357. The van der Waals surface area contributed by atoms with Crippen LogP contribution in [0, 0.1) is 13.8 Å². The molecule has 0 bridgehead atoms. The Morgan fingerprint density at radius 3 is 2.65 bits per heavy atom. The van der Waals surface area contributed by atoms with Crippen molar-refractivity contribution in [2.45, 2.75) is 52.0 Å². The topological polar surface area (TPSA) is 74.6 Å². The Morgan fingerprint density at radius 1 is 1.06 bits per heavy atom. The monoisotopic (exact) mass is 457 g/mol. The van der Waals surface area contributed by atoms with Gasteiger partial charge in [-0.1, -0.05) is 24.3 Å². The lowest BCUT2D eigenvalue weighted by Gasteiger charge is -2.32. The number of rotatable bonds is 6. The van der Waals surface area contributed by atoms with E-state index in [1.807, 2.05) is 37.3 Å². The average molecular weight is 458 g/mol. The molecule has 2 N–H and O–H groups in total. The van der Waals surface area contributed by atoms with Crippen LogP contribution in [0.5, 0.6) is 0 Å². The summed E-state index contributed by atoms with van der Waals surface area (Å²) in [7, 11) is 0. The number of carbonyl (C=O) groups is 2. The van der Waals surface area contributed by atoms with Crippen LogP contribution in [-0.2, 0) is 22.4 Å². The van der Waals surface area contributed by atoms with Crippen LogP contribution in [0.1, 0.15) is 59.1 Å². The lowest BCUT2D eigenvalue weighted by atomic mass is 9.97. The smallest absolute Gasteiger partial charge is 0.228 e. The minimum atomic E-state index is -0.378. The highest BCUT2D eigenvalue weighted by Gasteiger charge is 2.26. The van der Waals surface area contributed by atoms with Crippen molar-refractivity contribution in [2.24, 2.45) is 0 Å². The maximum absolute atomic E-state index is 13.2. The number of hydrogen-bond acceptors (Lipinski definition) is 4. The first-order valence-corrected chi connectivity index (χ1v) is 12.1. The zero-order valence-electron chi connectivity index (χ0n) is 19.8. The standard InChI is InChI=1S/C28H31N3O3/c1-18-6-9-22(24(14-18)31-12-4-3-5-13-31)28(25-11-7-19(2)34-25)30-26(32)16-20-8-10-23-21(15-20)17-27(33)29-23/h6-11,14-15,28H,3-5,12-13,16-17H2,1-2H3,(H,29,33)(H,30,32). The molecule has 2 aromatic carbocycles. The van der Waals surface area contributed by atoms with Crippen LogP contribution in [-0.4, -0.2) is 24.9 Å². The molecule has 3 aromatic rings. The Labute approximate surface area is 200 Å². The van der Waals surface area contributed by atoms with Crippen molar-refractivity contribution >= 4 is 23.2 Å². The van der Waals surface area contributed by atoms with Gasteiger partial charge < -0.3 is 20.0 Å². The number of benzene rings is 2. The zero-order chi connectivity index (χ0) is 23.7. The third kappa shape index (κ3) is 4.72. The highest BCUT2D eigenvalue weighted by atomic mass is 16.3. The number of aryl methyl sites for hydroxylation is 2. The Bertz CT molecular complexity index is 1220. The summed E-state index contributed by atoms with van der Waals surface area (Å²) in [5.74, 6) is 1.46. The van der Waals surface area contributed by atoms with Gasteiger partial charge in [0.1, 0.15) is 17.6 Å². The molecule has 3 heterocycles. The number of furan rings is 1. The molecular formula is C28H31N3O3. The number of hydrogen-bond donors (Lipinski definition) is 2. The van der Waals surface area contributed by atoms with Crippen LogP contribution in [0.25, 0.3) is 0 Å². The maximum Gasteiger partial charge on any atom is 0.228 e. The molecule has 2 aliphatic heterocycles. The summed E-state index contributed by atoms with van der Waals surface area (Å²) in [5, 5.41) is 6.09. The molecule has 2 amide bonds. The molecule has 0 saturated carbocycles. The first-order chi connectivity index (χ1) is 16.5. The predicted molar refractivity (Wildman–Crippen MR) is 133 cm³/mol. The number of nitrogens with zero attached hydrogens (tertiary/aromatic N) is 1. The van der Waals surface area contributed by atoms with Crippen LogP contribution in [0.15, 0.2) is 52.9 Å². The molecule has 34 heavy (non-hydrogen) atoms. The van der Waals surface area contributed by atoms with Gasteiger partial charge in [-0.2, -0.15) is 0 Å². The number of carbonyl (C=O) groups excluding carboxylic acids is 2. The molecule has 176 valence electrons. The third-order valence-corrected chi connectivity index (χ3v) is 6.70. The number of piperidine rings is 1. The van der Waals surface area contributed by atoms with E-state index in [1.54, 1.807) is 0 Å². The molecule has 1 aromatic heterocycles. The van der Waals surface area contributed by atoms with E-state index in [0.717, 1.165) is 47.0 Å². The van der Waals surface area contributed by atoms with Crippen molar-refractivity contribution in [1.82, 2.24) is 5.32 Å². The second-order valence-corrected chi connectivity index (χ2v) is 9.45. The molecule has 5 rings (SSSR count). The summed E-state index contributed by atoms with van der Waals surface area (Å²) in [5.41, 5.74) is 6.09. The molecule has 1 fully saturated rings. The molecule has 6 nitrogen and oxygen atoms in total. The van der Waals surface area contributed by atoms with E-state index in [1.165, 1.54) is 30.5 Å². The summed E-state index contributed by atoms with van der Waals surface area (Å²) in [6.45, 7) is 6.07. The summed E-state index contributed by atoms with van der Waals surface area (Å²) >= 11 is 0. The molecular weight excluding hydrogens is 426 g/mol. The Kier molecular flexibility index (Phi) is 6.14. The van der Waals surface area contributed by atoms with Crippen LogP contribution in [0.4, 0.5) is 11.4 Å². The van der Waals surface area contributed by atoms with Gasteiger partial charge in [-0.25, -0.2) is 0 Å². The predicted octanol–water partition coefficient (Wildman–Crippen LogP) is 4.83. The van der Waals surface area contributed by atoms with E-state index in [-0.39, 0.29) is 24.3 Å². The summed E-state index contributed by atoms with van der Waals surface area (Å²) in [6.07, 6.45) is 4.22. The van der Waals surface area contributed by atoms with Crippen LogP contribution >= 0.6 is 0 Å². The number of nitrogens with one attached hydrogen (secondary N) is 2. The first-order valence-electron chi connectivity index (χ1n) is 12.1. The van der Waals surface area contributed by atoms with Gasteiger partial charge in [-0.15, -0.1) is 0 Å². The van der Waals surface area contributed by atoms with Crippen LogP contribution < -0.4 is 15.5 Å². The van der Waals surface area contributed by atoms with E-state index in [9.17, 15) is 9.59 Å². The minimum Gasteiger partial charge on any atom is -0.464 e. The van der Waals surface area contributed by atoms with Crippen molar-refractivity contribution < 1.29 is 14.0 Å². The summed E-state index contributed by atoms with van der Waals surface area (Å²) in [4.78, 5) is 27.4. The van der Waals surface area contributed by atoms with E-state index < -0.39 is 0 Å². The van der Waals surface area contributed by atoms with Gasteiger partial charge in [0.15, 0.2) is 0 Å². The number of fused-ring (bicyclic) bond motifs is 1. The quantitative estimate of drug-likeness (QED) is 0.556. The van der Waals surface area contributed by atoms with E-state index >= 15 is 0 Å². The molecule has 0 radical (unpaired) electrons. The van der Waals surface area contributed by atoms with Crippen LogP contribution in [0.3, 0.4) is 0 Å². The van der Waals surface area contributed by atoms with Gasteiger partial charge in [0.25, 0.3) is 0 Å². The normalized spacial score (nSPS) is 16.2. The lowest BCUT2D eigenvalue weighted by molar-refractivity contribution is -0.121. The van der Waals surface area contributed by atoms with Gasteiger partial charge in [0.2, 0.25) is 11.8 Å². The fourth-order valence-electron chi connectivity index (χ4n) is 5.01. The average Bonchev–Trinajstić information content (AvgIpc) is 3.42. The second-order valence-electron chi connectivity index (χ2n) is 9.45. The second kappa shape index (κ2) is 9.37. The molecule has 1 atom stereocenters. The SMILES string of the molecule is Cc1ccc(C(NC(=O)Cc2ccc3c(c2)CC(=O)N3)c2ccc(C)o2)c(N2CCCCC2)c1. The molecule has 6 heteroatoms. The fourth-order valence-corrected chi connectivity index (χ4v) is 5.01. The minimum absolute atomic E-state index is 0.00512. The van der Waals surface area contributed by atoms with Gasteiger partial charge in [0, 0.05) is 30.0 Å². The Balaban J connectivity index is 1.43. The maximum atomic E-state index is 13.2. The van der Waals surface area contributed by atoms with Crippen molar-refractivity contribution in [3.05, 3.63) is 82.3 Å². The van der Waals surface area contributed by atoms with Gasteiger partial charge in [0.05, 0.1) is 12.8 Å². The highest BCUT2D eigenvalue weighted by molar-refractivity contribution is 5.99. The van der Waals surface area contributed by atoms with Crippen LogP contribution in [0.2, 0.25) is 0 Å². The molecule has 0 aliphatic carbocycles. The van der Waals surface area contributed by atoms with E-state index in [0.29, 0.717) is 6.42 Å². The van der Waals surface area contributed by atoms with Gasteiger partial charge in [-0.3, -0.25) is 9.59 Å². The van der Waals surface area contributed by atoms with Gasteiger partial charge >= 0.3 is 0 Å². The zero-order valence-corrected chi connectivity index (χ0v) is 19.8. The van der Waals surface area contributed by atoms with Crippen molar-refractivity contribution in [3.63, 3.8) is 0 Å². The van der Waals surface area contributed by atoms with Crippen molar-refractivity contribution in [2.75, 3.05) is 23.3 Å².